The zero-order valence-corrected chi connectivity index (χ0v) is 16.0. The molecule has 1 aromatic carbocycles. The molecule has 25 heavy (non-hydrogen) atoms. The summed E-state index contributed by atoms with van der Waals surface area (Å²) in [5.74, 6) is -1.00. The lowest BCUT2D eigenvalue weighted by Crippen LogP contribution is -2.41. The van der Waals surface area contributed by atoms with E-state index in [0.717, 1.165) is 22.0 Å². The number of aromatic nitrogens is 1. The molecule has 130 valence electrons. The highest BCUT2D eigenvalue weighted by Gasteiger charge is 2.40. The summed E-state index contributed by atoms with van der Waals surface area (Å²) in [6.45, 7) is 6.08. The van der Waals surface area contributed by atoms with Crippen molar-refractivity contribution in [1.29, 1.82) is 0 Å². The first-order valence-corrected chi connectivity index (χ1v) is 8.88. The summed E-state index contributed by atoms with van der Waals surface area (Å²) in [7, 11) is 0. The maximum absolute atomic E-state index is 12.4. The van der Waals surface area contributed by atoms with Crippen LogP contribution in [0.2, 0.25) is 0 Å². The highest BCUT2D eigenvalue weighted by atomic mass is 79.9. The van der Waals surface area contributed by atoms with Crippen molar-refractivity contribution in [2.75, 3.05) is 5.32 Å². The second kappa shape index (κ2) is 6.59. The van der Waals surface area contributed by atoms with E-state index in [4.69, 9.17) is 0 Å². The van der Waals surface area contributed by atoms with Gasteiger partial charge in [0, 0.05) is 10.7 Å². The SMILES string of the molecule is Cc1ccc(NC(=O)C(=O)NC2c3ccc(Br)cc3CC2(C)C)nc1. The van der Waals surface area contributed by atoms with Crippen molar-refractivity contribution >= 4 is 33.6 Å². The summed E-state index contributed by atoms with van der Waals surface area (Å²) < 4.78 is 1.01. The Morgan fingerprint density at radius 1 is 1.20 bits per heavy atom. The van der Waals surface area contributed by atoms with E-state index < -0.39 is 11.8 Å². The molecule has 0 saturated carbocycles. The van der Waals surface area contributed by atoms with Crippen LogP contribution in [0.1, 0.15) is 36.6 Å². The van der Waals surface area contributed by atoms with Gasteiger partial charge in [0.25, 0.3) is 0 Å². The Hall–Kier alpha value is -2.21. The van der Waals surface area contributed by atoms with Crippen molar-refractivity contribution in [2.24, 2.45) is 5.41 Å². The Morgan fingerprint density at radius 2 is 1.96 bits per heavy atom. The van der Waals surface area contributed by atoms with Gasteiger partial charge in [-0.3, -0.25) is 9.59 Å². The van der Waals surface area contributed by atoms with E-state index in [9.17, 15) is 9.59 Å². The average Bonchev–Trinajstić information content (AvgIpc) is 2.79. The third kappa shape index (κ3) is 3.74. The number of carbonyl (C=O) groups is 2. The summed E-state index contributed by atoms with van der Waals surface area (Å²) in [5.41, 5.74) is 3.06. The predicted molar refractivity (Wildman–Crippen MR) is 100 cm³/mol. The van der Waals surface area contributed by atoms with Crippen LogP contribution in [0.3, 0.4) is 0 Å². The van der Waals surface area contributed by atoms with Crippen LogP contribution in [-0.4, -0.2) is 16.8 Å². The van der Waals surface area contributed by atoms with Crippen LogP contribution < -0.4 is 10.6 Å². The molecule has 0 radical (unpaired) electrons. The van der Waals surface area contributed by atoms with E-state index in [1.165, 1.54) is 5.56 Å². The maximum Gasteiger partial charge on any atom is 0.314 e. The van der Waals surface area contributed by atoms with Gasteiger partial charge >= 0.3 is 11.8 Å². The number of pyridine rings is 1. The highest BCUT2D eigenvalue weighted by molar-refractivity contribution is 9.10. The number of aryl methyl sites for hydroxylation is 1. The number of halogens is 1. The normalized spacial score (nSPS) is 17.7. The summed E-state index contributed by atoms with van der Waals surface area (Å²) in [6, 6.07) is 9.31. The Balaban J connectivity index is 1.74. The van der Waals surface area contributed by atoms with Crippen LogP contribution >= 0.6 is 15.9 Å². The molecule has 1 atom stereocenters. The second-order valence-corrected chi connectivity index (χ2v) is 8.01. The molecule has 5 nitrogen and oxygen atoms in total. The minimum Gasteiger partial charge on any atom is -0.340 e. The molecule has 0 saturated heterocycles. The van der Waals surface area contributed by atoms with Gasteiger partial charge in [0.1, 0.15) is 5.82 Å². The fourth-order valence-electron chi connectivity index (χ4n) is 3.21. The second-order valence-electron chi connectivity index (χ2n) is 7.09. The van der Waals surface area contributed by atoms with E-state index in [0.29, 0.717) is 5.82 Å². The molecule has 2 aromatic rings. The van der Waals surface area contributed by atoms with Crippen LogP contribution in [0.15, 0.2) is 41.0 Å². The molecule has 0 bridgehead atoms. The minimum atomic E-state index is -0.710. The van der Waals surface area contributed by atoms with Crippen LogP contribution in [0, 0.1) is 12.3 Å². The molecule has 2 N–H and O–H groups in total. The summed E-state index contributed by atoms with van der Waals surface area (Å²) in [4.78, 5) is 28.7. The van der Waals surface area contributed by atoms with Gasteiger partial charge in [0.15, 0.2) is 0 Å². The van der Waals surface area contributed by atoms with Crippen molar-refractivity contribution in [3.8, 4) is 0 Å². The van der Waals surface area contributed by atoms with E-state index in [1.54, 1.807) is 12.3 Å². The van der Waals surface area contributed by atoms with E-state index in [-0.39, 0.29) is 11.5 Å². The first-order valence-electron chi connectivity index (χ1n) is 8.09. The molecule has 2 amide bonds. The molecule has 3 rings (SSSR count). The first-order chi connectivity index (χ1) is 11.8. The van der Waals surface area contributed by atoms with Gasteiger partial charge in [0.2, 0.25) is 0 Å². The molecule has 6 heteroatoms. The van der Waals surface area contributed by atoms with E-state index in [1.807, 2.05) is 25.1 Å². The van der Waals surface area contributed by atoms with Crippen molar-refractivity contribution < 1.29 is 9.59 Å². The fraction of sp³-hybridized carbons (Fsp3) is 0.316. The van der Waals surface area contributed by atoms with Gasteiger partial charge in [-0.05, 0) is 53.6 Å². The van der Waals surface area contributed by atoms with Crippen molar-refractivity contribution in [2.45, 2.75) is 33.2 Å². The molecule has 0 aliphatic heterocycles. The summed E-state index contributed by atoms with van der Waals surface area (Å²) >= 11 is 3.48. The van der Waals surface area contributed by atoms with Crippen LogP contribution in [0.4, 0.5) is 5.82 Å². The lowest BCUT2D eigenvalue weighted by molar-refractivity contribution is -0.137. The van der Waals surface area contributed by atoms with Gasteiger partial charge in [-0.25, -0.2) is 4.98 Å². The number of anilines is 1. The number of amides is 2. The number of rotatable bonds is 2. The molecule has 1 aliphatic rings. The van der Waals surface area contributed by atoms with Crippen LogP contribution in [0.25, 0.3) is 0 Å². The molecule has 1 unspecified atom stereocenters. The molecule has 0 fully saturated rings. The number of benzene rings is 1. The number of fused-ring (bicyclic) bond motifs is 1. The number of nitrogens with one attached hydrogen (secondary N) is 2. The summed E-state index contributed by atoms with van der Waals surface area (Å²) in [5, 5.41) is 5.42. The minimum absolute atomic E-state index is 0.166. The standard InChI is InChI=1S/C19H20BrN3O2/c1-11-4-7-15(21-10-11)22-17(24)18(25)23-16-14-6-5-13(20)8-12(14)9-19(16,2)3/h4-8,10,16H,9H2,1-3H3,(H,23,25)(H,21,22,24). The lowest BCUT2D eigenvalue weighted by Gasteiger charge is -2.28. The van der Waals surface area contributed by atoms with Crippen molar-refractivity contribution in [1.82, 2.24) is 10.3 Å². The molecule has 1 heterocycles. The fourth-order valence-corrected chi connectivity index (χ4v) is 3.62. The van der Waals surface area contributed by atoms with Crippen LogP contribution in [-0.2, 0) is 16.0 Å². The molecule has 0 spiro atoms. The van der Waals surface area contributed by atoms with Gasteiger partial charge in [-0.15, -0.1) is 0 Å². The molecule has 1 aliphatic carbocycles. The predicted octanol–water partition coefficient (Wildman–Crippen LogP) is 3.53. The number of hydrogen-bond donors (Lipinski definition) is 2. The molecular formula is C19H20BrN3O2. The monoisotopic (exact) mass is 401 g/mol. The zero-order valence-electron chi connectivity index (χ0n) is 14.4. The maximum atomic E-state index is 12.4. The summed E-state index contributed by atoms with van der Waals surface area (Å²) in [6.07, 6.45) is 2.48. The largest absolute Gasteiger partial charge is 0.340 e. The van der Waals surface area contributed by atoms with Gasteiger partial charge in [-0.1, -0.05) is 41.9 Å². The van der Waals surface area contributed by atoms with Crippen LogP contribution in [0.5, 0.6) is 0 Å². The van der Waals surface area contributed by atoms with Crippen molar-refractivity contribution in [3.63, 3.8) is 0 Å². The number of nitrogens with zero attached hydrogens (tertiary/aromatic N) is 1. The zero-order chi connectivity index (χ0) is 18.2. The Labute approximate surface area is 155 Å². The Bertz CT molecular complexity index is 831. The molecule has 1 aromatic heterocycles. The topological polar surface area (TPSA) is 71.1 Å². The van der Waals surface area contributed by atoms with Gasteiger partial charge in [-0.2, -0.15) is 0 Å². The van der Waals surface area contributed by atoms with E-state index in [2.05, 4.69) is 51.5 Å². The Kier molecular flexibility index (Phi) is 4.64. The lowest BCUT2D eigenvalue weighted by atomic mass is 9.85. The molecular weight excluding hydrogens is 382 g/mol. The van der Waals surface area contributed by atoms with Gasteiger partial charge in [0.05, 0.1) is 6.04 Å². The third-order valence-corrected chi connectivity index (χ3v) is 4.97. The number of carbonyl (C=O) groups excluding carboxylic acids is 2. The quantitative estimate of drug-likeness (QED) is 0.755. The smallest absolute Gasteiger partial charge is 0.314 e. The highest BCUT2D eigenvalue weighted by Crippen LogP contribution is 2.45. The van der Waals surface area contributed by atoms with E-state index >= 15 is 0 Å². The Morgan fingerprint density at radius 3 is 2.64 bits per heavy atom. The third-order valence-electron chi connectivity index (χ3n) is 4.48. The number of hydrogen-bond acceptors (Lipinski definition) is 3. The van der Waals surface area contributed by atoms with Crippen molar-refractivity contribution in [3.05, 3.63) is 57.7 Å². The average molecular weight is 402 g/mol. The first kappa shape index (κ1) is 17.6. The van der Waals surface area contributed by atoms with Gasteiger partial charge < -0.3 is 10.6 Å².